The molecule has 0 fully saturated rings. The van der Waals surface area contributed by atoms with Gasteiger partial charge in [-0.15, -0.1) is 0 Å². The van der Waals surface area contributed by atoms with Gasteiger partial charge in [0.05, 0.1) is 0 Å². The summed E-state index contributed by atoms with van der Waals surface area (Å²) in [5, 5.41) is 0. The standard InChI is InChI=1S/C20H31IO2/c1-2-3-4-5-6-7-8-9-10-11-12-13-14-15-16-17-18-19-20(22)23-21/h6-7,9-10,12-13,15-16H,2-5,8,11,14,17-19H2,1H3. The van der Waals surface area contributed by atoms with E-state index >= 15 is 0 Å². The predicted octanol–water partition coefficient (Wildman–Crippen LogP) is 7.03. The highest BCUT2D eigenvalue weighted by Gasteiger charge is 1.97. The number of rotatable bonds is 14. The molecular formula is C20H31IO2. The summed E-state index contributed by atoms with van der Waals surface area (Å²) in [6.07, 6.45) is 28.1. The van der Waals surface area contributed by atoms with Crippen LogP contribution in [-0.2, 0) is 7.86 Å². The molecule has 0 unspecified atom stereocenters. The molecule has 2 nitrogen and oxygen atoms in total. The monoisotopic (exact) mass is 430 g/mol. The maximum absolute atomic E-state index is 10.9. The highest BCUT2D eigenvalue weighted by Crippen LogP contribution is 2.02. The van der Waals surface area contributed by atoms with Crippen LogP contribution in [0.4, 0.5) is 0 Å². The van der Waals surface area contributed by atoms with Crippen molar-refractivity contribution in [1.82, 2.24) is 0 Å². The van der Waals surface area contributed by atoms with E-state index in [1.54, 1.807) is 23.0 Å². The SMILES string of the molecule is CCCCCC=CCC=CCC=CCC=CCCCC(=O)OI. The number of halogens is 1. The smallest absolute Gasteiger partial charge is 0.315 e. The van der Waals surface area contributed by atoms with E-state index in [1.165, 1.54) is 25.7 Å². The first-order chi connectivity index (χ1) is 11.3. The van der Waals surface area contributed by atoms with Crippen LogP contribution < -0.4 is 0 Å². The van der Waals surface area contributed by atoms with Gasteiger partial charge in [0.2, 0.25) is 0 Å². The van der Waals surface area contributed by atoms with Gasteiger partial charge < -0.3 is 3.07 Å². The lowest BCUT2D eigenvalue weighted by molar-refractivity contribution is -0.131. The Hall–Kier alpha value is -0.840. The molecule has 0 spiro atoms. The summed E-state index contributed by atoms with van der Waals surface area (Å²) < 4.78 is 4.56. The van der Waals surface area contributed by atoms with Crippen LogP contribution in [0, 0.1) is 0 Å². The van der Waals surface area contributed by atoms with Crippen molar-refractivity contribution >= 4 is 29.0 Å². The van der Waals surface area contributed by atoms with Crippen molar-refractivity contribution in [2.75, 3.05) is 0 Å². The maximum Gasteiger partial charge on any atom is 0.315 e. The number of unbranched alkanes of at least 4 members (excludes halogenated alkanes) is 4. The molecule has 0 aromatic rings. The van der Waals surface area contributed by atoms with Gasteiger partial charge >= 0.3 is 5.97 Å². The average molecular weight is 430 g/mol. The van der Waals surface area contributed by atoms with Gasteiger partial charge in [0.25, 0.3) is 0 Å². The first kappa shape index (κ1) is 22.2. The van der Waals surface area contributed by atoms with Crippen molar-refractivity contribution in [3.8, 4) is 0 Å². The van der Waals surface area contributed by atoms with E-state index in [0.29, 0.717) is 6.42 Å². The molecule has 0 amide bonds. The molecule has 23 heavy (non-hydrogen) atoms. The fourth-order valence-corrected chi connectivity index (χ4v) is 2.18. The quantitative estimate of drug-likeness (QED) is 0.168. The summed E-state index contributed by atoms with van der Waals surface area (Å²) in [7, 11) is 0. The number of hydrogen-bond donors (Lipinski definition) is 0. The molecule has 0 radical (unpaired) electrons. The molecule has 0 N–H and O–H groups in total. The highest BCUT2D eigenvalue weighted by atomic mass is 127. The molecule has 3 heteroatoms. The summed E-state index contributed by atoms with van der Waals surface area (Å²) in [6, 6.07) is 0. The van der Waals surface area contributed by atoms with Crippen LogP contribution in [-0.4, -0.2) is 5.97 Å². The topological polar surface area (TPSA) is 26.3 Å². The zero-order valence-corrected chi connectivity index (χ0v) is 16.5. The summed E-state index contributed by atoms with van der Waals surface area (Å²) in [4.78, 5) is 10.9. The van der Waals surface area contributed by atoms with Crippen LogP contribution in [0.25, 0.3) is 0 Å². The molecule has 130 valence electrons. The summed E-state index contributed by atoms with van der Waals surface area (Å²) in [5.74, 6) is -0.138. The van der Waals surface area contributed by atoms with Gasteiger partial charge in [-0.3, -0.25) is 4.79 Å². The minimum Gasteiger partial charge on any atom is -0.394 e. The molecule has 0 aliphatic rings. The normalized spacial score (nSPS) is 12.3. The second-order valence-electron chi connectivity index (χ2n) is 5.43. The molecule has 0 atom stereocenters. The maximum atomic E-state index is 10.9. The number of hydrogen-bond acceptors (Lipinski definition) is 2. The number of carbonyl (C=O) groups excluding carboxylic acids is 1. The third-order valence-corrected chi connectivity index (χ3v) is 3.79. The molecule has 0 aliphatic heterocycles. The second kappa shape index (κ2) is 19.2. The fraction of sp³-hybridized carbons (Fsp3) is 0.550. The van der Waals surface area contributed by atoms with E-state index in [4.69, 9.17) is 0 Å². The van der Waals surface area contributed by atoms with Crippen molar-refractivity contribution in [2.24, 2.45) is 0 Å². The molecule has 0 saturated carbocycles. The van der Waals surface area contributed by atoms with Gasteiger partial charge in [-0.2, -0.15) is 0 Å². The Morgan fingerprint density at radius 2 is 1.26 bits per heavy atom. The predicted molar refractivity (Wildman–Crippen MR) is 109 cm³/mol. The van der Waals surface area contributed by atoms with Crippen LogP contribution >= 0.6 is 23.0 Å². The van der Waals surface area contributed by atoms with Crippen LogP contribution in [0.15, 0.2) is 48.6 Å². The Morgan fingerprint density at radius 3 is 1.74 bits per heavy atom. The third kappa shape index (κ3) is 19.1. The van der Waals surface area contributed by atoms with Gasteiger partial charge in [-0.25, -0.2) is 0 Å². The minimum atomic E-state index is -0.138. The second-order valence-corrected chi connectivity index (χ2v) is 5.87. The fourth-order valence-electron chi connectivity index (χ4n) is 1.96. The first-order valence-electron chi connectivity index (χ1n) is 8.72. The minimum absolute atomic E-state index is 0.138. The molecule has 0 aliphatic carbocycles. The van der Waals surface area contributed by atoms with Gasteiger partial charge in [-0.05, 0) is 44.9 Å². The van der Waals surface area contributed by atoms with E-state index in [-0.39, 0.29) is 5.97 Å². The molecule has 0 bridgehead atoms. The Labute approximate surface area is 156 Å². The average Bonchev–Trinajstić information content (AvgIpc) is 2.57. The highest BCUT2D eigenvalue weighted by molar-refractivity contribution is 14.1. The lowest BCUT2D eigenvalue weighted by Gasteiger charge is -1.93. The van der Waals surface area contributed by atoms with E-state index in [9.17, 15) is 4.79 Å². The number of carbonyl (C=O) groups is 1. The Bertz CT molecular complexity index is 381. The van der Waals surface area contributed by atoms with Crippen molar-refractivity contribution in [3.05, 3.63) is 48.6 Å². The largest absolute Gasteiger partial charge is 0.394 e. The molecule has 0 rings (SSSR count). The van der Waals surface area contributed by atoms with Crippen LogP contribution in [0.3, 0.4) is 0 Å². The van der Waals surface area contributed by atoms with Crippen molar-refractivity contribution < 1.29 is 7.86 Å². The molecule has 0 saturated heterocycles. The zero-order chi connectivity index (χ0) is 17.0. The van der Waals surface area contributed by atoms with Gasteiger partial charge in [0, 0.05) is 6.42 Å². The van der Waals surface area contributed by atoms with E-state index in [1.807, 2.05) is 0 Å². The summed E-state index contributed by atoms with van der Waals surface area (Å²) in [5.41, 5.74) is 0. The summed E-state index contributed by atoms with van der Waals surface area (Å²) >= 11 is 1.63. The Balaban J connectivity index is 3.42. The molecule has 0 aromatic carbocycles. The zero-order valence-electron chi connectivity index (χ0n) is 14.4. The Kier molecular flexibility index (Phi) is 18.5. The van der Waals surface area contributed by atoms with Crippen molar-refractivity contribution in [2.45, 2.75) is 71.1 Å². The molecule has 0 aromatic heterocycles. The van der Waals surface area contributed by atoms with E-state index < -0.39 is 0 Å². The first-order valence-corrected chi connectivity index (χ1v) is 9.60. The lowest BCUT2D eigenvalue weighted by Crippen LogP contribution is -1.94. The number of allylic oxidation sites excluding steroid dienone is 8. The van der Waals surface area contributed by atoms with E-state index in [0.717, 1.165) is 32.1 Å². The molecular weight excluding hydrogens is 399 g/mol. The van der Waals surface area contributed by atoms with E-state index in [2.05, 4.69) is 58.6 Å². The van der Waals surface area contributed by atoms with Crippen LogP contribution in [0.1, 0.15) is 71.1 Å². The van der Waals surface area contributed by atoms with Crippen LogP contribution in [0.2, 0.25) is 0 Å². The Morgan fingerprint density at radius 1 is 0.783 bits per heavy atom. The molecule has 0 heterocycles. The van der Waals surface area contributed by atoms with Crippen molar-refractivity contribution in [1.29, 1.82) is 0 Å². The van der Waals surface area contributed by atoms with Crippen LogP contribution in [0.5, 0.6) is 0 Å². The van der Waals surface area contributed by atoms with Gasteiger partial charge in [-0.1, -0.05) is 68.4 Å². The lowest BCUT2D eigenvalue weighted by atomic mass is 10.2. The van der Waals surface area contributed by atoms with Crippen molar-refractivity contribution in [3.63, 3.8) is 0 Å². The van der Waals surface area contributed by atoms with Gasteiger partial charge in [0.1, 0.15) is 0 Å². The third-order valence-electron chi connectivity index (χ3n) is 3.30. The summed E-state index contributed by atoms with van der Waals surface area (Å²) in [6.45, 7) is 2.24. The van der Waals surface area contributed by atoms with Gasteiger partial charge in [0.15, 0.2) is 23.0 Å².